The van der Waals surface area contributed by atoms with Crippen LogP contribution in [0.15, 0.2) is 24.3 Å². The topological polar surface area (TPSA) is 121 Å². The number of carbonyl (C=O) groups excluding carboxylic acids is 2. The first kappa shape index (κ1) is 46.3. The average Bonchev–Trinajstić information content (AvgIpc) is 2.95. The summed E-state index contributed by atoms with van der Waals surface area (Å²) >= 11 is 0. The molecule has 0 aliphatic rings. The summed E-state index contributed by atoms with van der Waals surface area (Å²) in [7, 11) is 0. The molecule has 0 aliphatic carbocycles. The summed E-state index contributed by atoms with van der Waals surface area (Å²) in [4.78, 5) is 20.4. The molecule has 0 amide bonds. The van der Waals surface area contributed by atoms with E-state index in [0.29, 0.717) is 0 Å². The van der Waals surface area contributed by atoms with Gasteiger partial charge in [0.2, 0.25) is 0 Å². The number of aliphatic carboxylic acids is 2. The molecule has 0 aromatic rings. The molecule has 1 radical (unpaired) electrons. The van der Waals surface area contributed by atoms with Gasteiger partial charge in [-0.1, -0.05) is 128 Å². The molecule has 257 valence electrons. The number of carboxylic acid groups (broad SMARTS) is 2. The molecule has 6 nitrogen and oxygen atoms in total. The molecular formula is C36H66CuO6. The van der Waals surface area contributed by atoms with Gasteiger partial charge in [-0.2, -0.15) is 0 Å². The fraction of sp³-hybridized carbons (Fsp3) is 0.833. The number of hydrogen-bond acceptors (Lipinski definition) is 6. The zero-order valence-electron chi connectivity index (χ0n) is 27.7. The zero-order valence-corrected chi connectivity index (χ0v) is 28.6. The molecule has 0 aliphatic heterocycles. The van der Waals surface area contributed by atoms with Gasteiger partial charge in [0.25, 0.3) is 0 Å². The Bertz CT molecular complexity index is 583. The van der Waals surface area contributed by atoms with Crippen molar-refractivity contribution in [3.63, 3.8) is 0 Å². The minimum absolute atomic E-state index is 0. The van der Waals surface area contributed by atoms with Crippen LogP contribution in [0.3, 0.4) is 0 Å². The van der Waals surface area contributed by atoms with Crippen molar-refractivity contribution in [3.8, 4) is 0 Å². The van der Waals surface area contributed by atoms with Crippen LogP contribution in [-0.2, 0) is 26.7 Å². The van der Waals surface area contributed by atoms with E-state index in [0.717, 1.165) is 116 Å². The number of allylic oxidation sites excluding steroid dienone is 2. The van der Waals surface area contributed by atoms with Crippen molar-refractivity contribution in [2.45, 2.75) is 193 Å². The van der Waals surface area contributed by atoms with Crippen LogP contribution in [0.4, 0.5) is 0 Å². The first-order valence-corrected chi connectivity index (χ1v) is 17.4. The maximum absolute atomic E-state index is 10.2. The van der Waals surface area contributed by atoms with Gasteiger partial charge in [-0.3, -0.25) is 0 Å². The maximum Gasteiger partial charge on any atom is 2.00 e. The minimum atomic E-state index is -0.939. The molecule has 0 rings (SSSR count). The van der Waals surface area contributed by atoms with Crippen molar-refractivity contribution in [2.75, 3.05) is 0 Å². The predicted molar refractivity (Wildman–Crippen MR) is 172 cm³/mol. The number of carbonyl (C=O) groups is 2. The smallest absolute Gasteiger partial charge is 0.550 e. The minimum Gasteiger partial charge on any atom is -0.550 e. The number of unbranched alkanes of at least 4 members (excludes halogenated alkanes) is 16. The van der Waals surface area contributed by atoms with E-state index >= 15 is 0 Å². The number of carboxylic acids is 2. The molecule has 0 heterocycles. The zero-order chi connectivity index (χ0) is 31.5. The summed E-state index contributed by atoms with van der Waals surface area (Å²) in [5, 5.41) is 40.0. The molecule has 0 aromatic heterocycles. The molecule has 2 atom stereocenters. The molecule has 0 saturated carbocycles. The predicted octanol–water partition coefficient (Wildman–Crippen LogP) is 7.49. The van der Waals surface area contributed by atoms with Gasteiger partial charge in [0.15, 0.2) is 0 Å². The Morgan fingerprint density at radius 1 is 0.512 bits per heavy atom. The molecule has 0 fully saturated rings. The Hall–Kier alpha value is -1.14. The summed E-state index contributed by atoms with van der Waals surface area (Å²) in [6, 6.07) is 0. The van der Waals surface area contributed by atoms with Gasteiger partial charge >= 0.3 is 17.1 Å². The van der Waals surface area contributed by atoms with Crippen molar-refractivity contribution in [3.05, 3.63) is 24.3 Å². The van der Waals surface area contributed by atoms with Gasteiger partial charge < -0.3 is 30.0 Å². The molecule has 0 spiro atoms. The molecular weight excluding hydrogens is 592 g/mol. The van der Waals surface area contributed by atoms with E-state index in [-0.39, 0.29) is 42.1 Å². The molecule has 0 unspecified atom stereocenters. The second kappa shape index (κ2) is 38.9. The second-order valence-corrected chi connectivity index (χ2v) is 11.8. The Labute approximate surface area is 275 Å². The quantitative estimate of drug-likeness (QED) is 0.0469. The van der Waals surface area contributed by atoms with Gasteiger partial charge in [0, 0.05) is 11.9 Å². The van der Waals surface area contributed by atoms with Gasteiger partial charge in [-0.25, -0.2) is 0 Å². The van der Waals surface area contributed by atoms with Crippen molar-refractivity contribution < 1.29 is 47.1 Å². The van der Waals surface area contributed by atoms with E-state index < -0.39 is 11.9 Å². The maximum atomic E-state index is 10.2. The third-order valence-corrected chi connectivity index (χ3v) is 7.43. The molecule has 7 heteroatoms. The standard InChI is InChI=1S/2C18H34O3.Cu/c2*1-2-3-4-11-14-17(19)15-12-9-7-5-6-8-10-13-16-18(20)21;/h2*9,12,17,19H,2-8,10-11,13-16H2,1H3,(H,20,21);/q;;+2/p-2/b2*12-9-;/t2*17-;/m11./s1. The largest absolute Gasteiger partial charge is 2.00 e. The Balaban J connectivity index is -0.000000727. The fourth-order valence-electron chi connectivity index (χ4n) is 4.72. The van der Waals surface area contributed by atoms with Gasteiger partial charge in [0.05, 0.1) is 12.2 Å². The van der Waals surface area contributed by atoms with E-state index in [2.05, 4.69) is 38.2 Å². The summed E-state index contributed by atoms with van der Waals surface area (Å²) in [6.07, 6.45) is 34.0. The van der Waals surface area contributed by atoms with Crippen LogP contribution < -0.4 is 10.2 Å². The van der Waals surface area contributed by atoms with Crippen LogP contribution in [0.2, 0.25) is 0 Å². The van der Waals surface area contributed by atoms with Crippen LogP contribution >= 0.6 is 0 Å². The number of hydrogen-bond donors (Lipinski definition) is 2. The molecule has 0 aromatic carbocycles. The number of aliphatic hydroxyl groups is 2. The monoisotopic (exact) mass is 657 g/mol. The van der Waals surface area contributed by atoms with Crippen molar-refractivity contribution in [1.29, 1.82) is 0 Å². The van der Waals surface area contributed by atoms with E-state index in [9.17, 15) is 30.0 Å². The van der Waals surface area contributed by atoms with Gasteiger partial charge in [0.1, 0.15) is 0 Å². The summed E-state index contributed by atoms with van der Waals surface area (Å²) in [5.41, 5.74) is 0. The van der Waals surface area contributed by atoms with E-state index in [4.69, 9.17) is 0 Å². The summed E-state index contributed by atoms with van der Waals surface area (Å²) in [6.45, 7) is 4.39. The van der Waals surface area contributed by atoms with E-state index in [1.165, 1.54) is 38.5 Å². The van der Waals surface area contributed by atoms with Crippen LogP contribution in [0.1, 0.15) is 181 Å². The normalized spacial score (nSPS) is 12.6. The number of aliphatic hydroxyl groups excluding tert-OH is 2. The third kappa shape index (κ3) is 45.4. The third-order valence-electron chi connectivity index (χ3n) is 7.43. The van der Waals surface area contributed by atoms with Crippen molar-refractivity contribution in [2.24, 2.45) is 0 Å². The Kier molecular flexibility index (Phi) is 41.8. The summed E-state index contributed by atoms with van der Waals surface area (Å²) in [5.74, 6) is -1.88. The first-order valence-electron chi connectivity index (χ1n) is 17.4. The van der Waals surface area contributed by atoms with Crippen molar-refractivity contribution in [1.82, 2.24) is 0 Å². The van der Waals surface area contributed by atoms with E-state index in [1.54, 1.807) is 0 Å². The Morgan fingerprint density at radius 3 is 1.19 bits per heavy atom. The number of rotatable bonds is 30. The van der Waals surface area contributed by atoms with Crippen LogP contribution in [0.25, 0.3) is 0 Å². The van der Waals surface area contributed by atoms with Gasteiger partial charge in [-0.15, -0.1) is 0 Å². The SMILES string of the molecule is CCCCCC[C@@H](O)C/C=C\CCCCCCCC(=O)[O-].CCCCCC[C@@H](O)C/C=C\CCCCCCCC(=O)[O-].[Cu+2]. The Morgan fingerprint density at radius 2 is 0.837 bits per heavy atom. The van der Waals surface area contributed by atoms with Crippen LogP contribution in [0.5, 0.6) is 0 Å². The van der Waals surface area contributed by atoms with Crippen LogP contribution in [-0.4, -0.2) is 34.4 Å². The van der Waals surface area contributed by atoms with E-state index in [1.807, 2.05) is 0 Å². The molecule has 43 heavy (non-hydrogen) atoms. The van der Waals surface area contributed by atoms with Crippen LogP contribution in [0, 0.1) is 0 Å². The first-order chi connectivity index (χ1) is 20.3. The fourth-order valence-corrected chi connectivity index (χ4v) is 4.72. The van der Waals surface area contributed by atoms with Crippen molar-refractivity contribution >= 4 is 11.9 Å². The molecule has 2 N–H and O–H groups in total. The average molecular weight is 658 g/mol. The second-order valence-electron chi connectivity index (χ2n) is 11.8. The molecule has 0 saturated heterocycles. The summed E-state index contributed by atoms with van der Waals surface area (Å²) < 4.78 is 0. The van der Waals surface area contributed by atoms with Gasteiger partial charge in [-0.05, 0) is 77.0 Å². The molecule has 0 bridgehead atoms.